The molecule has 0 radical (unpaired) electrons. The number of aliphatic imine (C=N–C) groups is 1. The summed E-state index contributed by atoms with van der Waals surface area (Å²) in [6, 6.07) is 0. The highest BCUT2D eigenvalue weighted by molar-refractivity contribution is 5.83. The van der Waals surface area contributed by atoms with Crippen molar-refractivity contribution in [2.24, 2.45) is 10.7 Å². The molecule has 17 heavy (non-hydrogen) atoms. The molecule has 0 aromatic heterocycles. The minimum absolute atomic E-state index is 0.00520. The molecule has 0 aromatic carbocycles. The summed E-state index contributed by atoms with van der Waals surface area (Å²) in [5.41, 5.74) is 6.45. The molecule has 96 valence electrons. The summed E-state index contributed by atoms with van der Waals surface area (Å²) in [5, 5.41) is 0. The number of nitrogens with zero attached hydrogens (tertiary/aromatic N) is 2. The van der Waals surface area contributed by atoms with Crippen LogP contribution in [0, 0.1) is 0 Å². The maximum Gasteiger partial charge on any atom is 0.248 e. The number of halogens is 2. The van der Waals surface area contributed by atoms with E-state index in [1.165, 1.54) is 0 Å². The van der Waals surface area contributed by atoms with Gasteiger partial charge in [0, 0.05) is 44.2 Å². The lowest BCUT2D eigenvalue weighted by molar-refractivity contribution is -0.0267. The number of allylic oxidation sites excluding steroid dienone is 1. The standard InChI is InChI=1S/C12H19F2N3/c13-12(14)5-1-7-17(8-2-6-12)11-4-3-10(15)9-16-11/h9H,1-8,15H2. The fraction of sp³-hybridized carbons (Fsp3) is 0.750. The minimum atomic E-state index is -2.47. The van der Waals surface area contributed by atoms with Gasteiger partial charge < -0.3 is 10.6 Å². The second-order valence-electron chi connectivity index (χ2n) is 4.80. The van der Waals surface area contributed by atoms with E-state index in [4.69, 9.17) is 5.73 Å². The molecule has 0 unspecified atom stereocenters. The topological polar surface area (TPSA) is 41.6 Å². The van der Waals surface area contributed by atoms with Gasteiger partial charge in [-0.15, -0.1) is 0 Å². The van der Waals surface area contributed by atoms with Crippen LogP contribution in [-0.4, -0.2) is 29.7 Å². The molecule has 2 aliphatic rings. The van der Waals surface area contributed by atoms with Crippen LogP contribution >= 0.6 is 0 Å². The monoisotopic (exact) mass is 243 g/mol. The molecule has 0 aliphatic carbocycles. The third-order valence-electron chi connectivity index (χ3n) is 3.32. The van der Waals surface area contributed by atoms with Crippen molar-refractivity contribution >= 4 is 5.84 Å². The predicted molar refractivity (Wildman–Crippen MR) is 63.9 cm³/mol. The number of hydrogen-bond acceptors (Lipinski definition) is 3. The Kier molecular flexibility index (Phi) is 3.64. The summed E-state index contributed by atoms with van der Waals surface area (Å²) in [7, 11) is 0. The highest BCUT2D eigenvalue weighted by atomic mass is 19.3. The zero-order chi connectivity index (χ0) is 12.3. The number of amidine groups is 1. The van der Waals surface area contributed by atoms with Crippen molar-refractivity contribution in [2.75, 3.05) is 13.1 Å². The van der Waals surface area contributed by atoms with E-state index in [0.29, 0.717) is 25.9 Å². The number of hydrogen-bond donors (Lipinski definition) is 1. The van der Waals surface area contributed by atoms with Gasteiger partial charge in [-0.05, 0) is 19.3 Å². The van der Waals surface area contributed by atoms with E-state index in [1.54, 1.807) is 6.20 Å². The summed E-state index contributed by atoms with van der Waals surface area (Å²) in [6.07, 6.45) is 4.40. The van der Waals surface area contributed by atoms with E-state index in [2.05, 4.69) is 9.89 Å². The molecule has 0 saturated carbocycles. The van der Waals surface area contributed by atoms with E-state index in [1.807, 2.05) is 0 Å². The summed E-state index contributed by atoms with van der Waals surface area (Å²) >= 11 is 0. The Morgan fingerprint density at radius 3 is 2.35 bits per heavy atom. The molecule has 0 amide bonds. The molecule has 0 atom stereocenters. The first-order chi connectivity index (χ1) is 8.07. The maximum atomic E-state index is 13.2. The van der Waals surface area contributed by atoms with Crippen LogP contribution in [0.15, 0.2) is 16.9 Å². The molecule has 0 bridgehead atoms. The lowest BCUT2D eigenvalue weighted by atomic mass is 10.0. The Hall–Kier alpha value is -1.13. The van der Waals surface area contributed by atoms with E-state index in [-0.39, 0.29) is 12.8 Å². The molecule has 3 nitrogen and oxygen atoms in total. The third-order valence-corrected chi connectivity index (χ3v) is 3.32. The highest BCUT2D eigenvalue weighted by Crippen LogP contribution is 2.28. The van der Waals surface area contributed by atoms with Gasteiger partial charge in [0.15, 0.2) is 0 Å². The van der Waals surface area contributed by atoms with Crippen LogP contribution in [-0.2, 0) is 0 Å². The van der Waals surface area contributed by atoms with Gasteiger partial charge in [-0.25, -0.2) is 13.8 Å². The Labute approximate surface area is 100 Å². The summed E-state index contributed by atoms with van der Waals surface area (Å²) in [5.74, 6) is -1.46. The van der Waals surface area contributed by atoms with Crippen molar-refractivity contribution in [1.82, 2.24) is 4.90 Å². The van der Waals surface area contributed by atoms with Gasteiger partial charge in [-0.2, -0.15) is 0 Å². The quantitative estimate of drug-likeness (QED) is 0.710. The molecular formula is C12H19F2N3. The van der Waals surface area contributed by atoms with Gasteiger partial charge in [0.05, 0.1) is 0 Å². The number of alkyl halides is 2. The van der Waals surface area contributed by atoms with Gasteiger partial charge in [0.25, 0.3) is 0 Å². The van der Waals surface area contributed by atoms with Crippen LogP contribution in [0.4, 0.5) is 8.78 Å². The molecule has 2 rings (SSSR count). The van der Waals surface area contributed by atoms with Crippen molar-refractivity contribution in [3.8, 4) is 0 Å². The number of rotatable bonds is 0. The molecule has 1 saturated heterocycles. The predicted octanol–water partition coefficient (Wildman–Crippen LogP) is 2.49. The maximum absolute atomic E-state index is 13.2. The first-order valence-electron chi connectivity index (χ1n) is 6.21. The van der Waals surface area contributed by atoms with Gasteiger partial charge in [-0.3, -0.25) is 0 Å². The molecule has 2 heterocycles. The molecular weight excluding hydrogens is 224 g/mol. The van der Waals surface area contributed by atoms with E-state index < -0.39 is 5.92 Å². The van der Waals surface area contributed by atoms with Crippen LogP contribution in [0.25, 0.3) is 0 Å². The molecule has 0 spiro atoms. The fourth-order valence-corrected chi connectivity index (χ4v) is 2.33. The number of likely N-dealkylation sites (tertiary alicyclic amines) is 1. The normalized spacial score (nSPS) is 25.6. The van der Waals surface area contributed by atoms with Crippen molar-refractivity contribution in [1.29, 1.82) is 0 Å². The first kappa shape index (κ1) is 12.3. The second kappa shape index (κ2) is 5.02. The molecule has 2 aliphatic heterocycles. The van der Waals surface area contributed by atoms with E-state index >= 15 is 0 Å². The molecule has 1 fully saturated rings. The van der Waals surface area contributed by atoms with Crippen LogP contribution in [0.1, 0.15) is 38.5 Å². The van der Waals surface area contributed by atoms with Crippen molar-refractivity contribution in [3.63, 3.8) is 0 Å². The molecule has 0 aromatic rings. The summed E-state index contributed by atoms with van der Waals surface area (Å²) in [6.45, 7) is 1.37. The summed E-state index contributed by atoms with van der Waals surface area (Å²) < 4.78 is 26.4. The lowest BCUT2D eigenvalue weighted by Crippen LogP contribution is -2.37. The first-order valence-corrected chi connectivity index (χ1v) is 6.21. The highest BCUT2D eigenvalue weighted by Gasteiger charge is 2.30. The Balaban J connectivity index is 1.95. The van der Waals surface area contributed by atoms with Crippen molar-refractivity contribution < 1.29 is 8.78 Å². The van der Waals surface area contributed by atoms with Gasteiger partial charge in [0.1, 0.15) is 5.84 Å². The Morgan fingerprint density at radius 2 is 1.82 bits per heavy atom. The minimum Gasteiger partial charge on any atom is -0.401 e. The summed E-state index contributed by atoms with van der Waals surface area (Å²) in [4.78, 5) is 6.45. The Bertz CT molecular complexity index is 325. The largest absolute Gasteiger partial charge is 0.401 e. The Morgan fingerprint density at radius 1 is 1.18 bits per heavy atom. The van der Waals surface area contributed by atoms with Crippen LogP contribution < -0.4 is 5.73 Å². The SMILES string of the molecule is NC1=CN=C(N2CCCC(F)(F)CCC2)CC1. The lowest BCUT2D eigenvalue weighted by Gasteiger charge is -2.31. The third kappa shape index (κ3) is 3.41. The van der Waals surface area contributed by atoms with Crippen LogP contribution in [0.2, 0.25) is 0 Å². The number of nitrogens with two attached hydrogens (primary N) is 1. The average Bonchev–Trinajstić information content (AvgIpc) is 2.25. The van der Waals surface area contributed by atoms with Gasteiger partial charge >= 0.3 is 0 Å². The zero-order valence-corrected chi connectivity index (χ0v) is 9.96. The van der Waals surface area contributed by atoms with Crippen LogP contribution in [0.3, 0.4) is 0 Å². The smallest absolute Gasteiger partial charge is 0.248 e. The molecule has 5 heteroatoms. The average molecular weight is 243 g/mol. The van der Waals surface area contributed by atoms with Gasteiger partial charge in [-0.1, -0.05) is 0 Å². The fourth-order valence-electron chi connectivity index (χ4n) is 2.33. The van der Waals surface area contributed by atoms with E-state index in [0.717, 1.165) is 24.4 Å². The van der Waals surface area contributed by atoms with E-state index in [9.17, 15) is 8.78 Å². The van der Waals surface area contributed by atoms with Crippen molar-refractivity contribution in [3.05, 3.63) is 11.9 Å². The van der Waals surface area contributed by atoms with Crippen molar-refractivity contribution in [2.45, 2.75) is 44.4 Å². The van der Waals surface area contributed by atoms with Gasteiger partial charge in [0.2, 0.25) is 5.92 Å². The zero-order valence-electron chi connectivity index (χ0n) is 9.96. The van der Waals surface area contributed by atoms with Crippen LogP contribution in [0.5, 0.6) is 0 Å². The second-order valence-corrected chi connectivity index (χ2v) is 4.80. The molecule has 2 N–H and O–H groups in total.